The van der Waals surface area contributed by atoms with Gasteiger partial charge < -0.3 is 26.0 Å². The number of carboxylic acid groups (broad SMARTS) is 1. The van der Waals surface area contributed by atoms with Gasteiger partial charge in [-0.15, -0.1) is 0 Å². The van der Waals surface area contributed by atoms with E-state index in [0.29, 0.717) is 12.5 Å². The minimum Gasteiger partial charge on any atom is -0.477 e. The van der Waals surface area contributed by atoms with Gasteiger partial charge in [0.15, 0.2) is 0 Å². The molecule has 2 bridgehead atoms. The molecule has 3 atom stereocenters. The van der Waals surface area contributed by atoms with Crippen LogP contribution in [-0.2, 0) is 13.0 Å². The van der Waals surface area contributed by atoms with Gasteiger partial charge in [-0.2, -0.15) is 0 Å². The Morgan fingerprint density at radius 2 is 1.76 bits per heavy atom. The number of pyridine rings is 1. The Labute approximate surface area is 202 Å². The topological polar surface area (TPSA) is 98.0 Å². The molecule has 0 saturated carbocycles. The first-order valence-electron chi connectivity index (χ1n) is 12.5. The Balaban J connectivity index is 1.55. The number of aromatic nitrogens is 1. The molecule has 8 nitrogen and oxygen atoms in total. The van der Waals surface area contributed by atoms with Gasteiger partial charge in [0.25, 0.3) is 0 Å². The fourth-order valence-electron chi connectivity index (χ4n) is 5.04. The predicted octanol–water partition coefficient (Wildman–Crippen LogP) is 1.63. The van der Waals surface area contributed by atoms with Gasteiger partial charge in [-0.05, 0) is 61.7 Å². The second kappa shape index (κ2) is 12.3. The maximum absolute atomic E-state index is 11.4. The Morgan fingerprint density at radius 1 is 0.971 bits per heavy atom. The number of nitrogen functional groups attached to an aromatic ring is 1. The van der Waals surface area contributed by atoms with Crippen molar-refractivity contribution < 1.29 is 9.90 Å². The van der Waals surface area contributed by atoms with E-state index in [9.17, 15) is 9.90 Å². The number of hydrogen-bond donors (Lipinski definition) is 3. The van der Waals surface area contributed by atoms with E-state index in [-0.39, 0.29) is 5.69 Å². The second-order valence-electron chi connectivity index (χ2n) is 9.61. The summed E-state index contributed by atoms with van der Waals surface area (Å²) in [6, 6.07) is 13.6. The normalized spacial score (nSPS) is 25.0. The van der Waals surface area contributed by atoms with Gasteiger partial charge in [0.05, 0.1) is 5.69 Å². The van der Waals surface area contributed by atoms with Crippen LogP contribution in [0.1, 0.15) is 28.2 Å². The molecular weight excluding hydrogens is 428 g/mol. The summed E-state index contributed by atoms with van der Waals surface area (Å²) in [5.74, 6) is -0.519. The summed E-state index contributed by atoms with van der Waals surface area (Å²) in [7, 11) is 0. The van der Waals surface area contributed by atoms with Crippen LogP contribution in [0.15, 0.2) is 42.5 Å². The van der Waals surface area contributed by atoms with Gasteiger partial charge in [0, 0.05) is 64.6 Å². The third kappa shape index (κ3) is 7.50. The molecule has 1 aromatic heterocycles. The van der Waals surface area contributed by atoms with Gasteiger partial charge in [0.1, 0.15) is 5.69 Å². The van der Waals surface area contributed by atoms with Gasteiger partial charge in [-0.25, -0.2) is 9.78 Å². The molecule has 0 spiro atoms. The highest BCUT2D eigenvalue weighted by atomic mass is 16.4. The number of aromatic carboxylic acids is 1. The highest BCUT2D eigenvalue weighted by molar-refractivity contribution is 5.85. The molecule has 3 heterocycles. The lowest BCUT2D eigenvalue weighted by Gasteiger charge is -2.37. The number of benzene rings is 1. The number of nitrogens with one attached hydrogen (secondary N) is 1. The number of fused-ring (bicyclic) bond motifs is 3. The standard InChI is InChI=1S/C26H38N6O2/c27-23-7-5-21(6-8-23)17-22-18-31-12-10-28-9-2-11-30(13-15-31)14-16-32(19-22)20-24-3-1-4-25(29-24)26(33)34/h1,3-8,22,28H,2,9-20,27H2,(H,33,34). The Morgan fingerprint density at radius 3 is 2.59 bits per heavy atom. The molecule has 184 valence electrons. The summed E-state index contributed by atoms with van der Waals surface area (Å²) in [6.45, 7) is 11.1. The lowest BCUT2D eigenvalue weighted by Crippen LogP contribution is -2.48. The van der Waals surface area contributed by atoms with Crippen LogP contribution in [0, 0.1) is 5.92 Å². The first-order valence-corrected chi connectivity index (χ1v) is 12.5. The zero-order valence-corrected chi connectivity index (χ0v) is 20.0. The summed E-state index contributed by atoms with van der Waals surface area (Å²) in [5, 5.41) is 13.0. The van der Waals surface area contributed by atoms with Crippen LogP contribution in [0.5, 0.6) is 0 Å². The van der Waals surface area contributed by atoms with Crippen LogP contribution in [0.25, 0.3) is 0 Å². The SMILES string of the molecule is Nc1ccc(CC2CN3CCNCCCN(CC3)CCN(Cc3cccc(C(=O)O)n3)C2)cc1. The third-order valence-electron chi connectivity index (χ3n) is 6.85. The van der Waals surface area contributed by atoms with Gasteiger partial charge in [-0.3, -0.25) is 4.90 Å². The van der Waals surface area contributed by atoms with Crippen LogP contribution < -0.4 is 11.1 Å². The minimum atomic E-state index is -0.978. The quantitative estimate of drug-likeness (QED) is 0.572. The van der Waals surface area contributed by atoms with Crippen molar-refractivity contribution in [1.29, 1.82) is 0 Å². The van der Waals surface area contributed by atoms with E-state index < -0.39 is 5.97 Å². The van der Waals surface area contributed by atoms with E-state index >= 15 is 0 Å². The van der Waals surface area contributed by atoms with Crippen LogP contribution >= 0.6 is 0 Å². The van der Waals surface area contributed by atoms with Crippen molar-refractivity contribution in [3.63, 3.8) is 0 Å². The summed E-state index contributed by atoms with van der Waals surface area (Å²) in [6.07, 6.45) is 2.16. The van der Waals surface area contributed by atoms with E-state index in [0.717, 1.165) is 83.2 Å². The van der Waals surface area contributed by atoms with Crippen molar-refractivity contribution in [2.75, 3.05) is 71.2 Å². The number of anilines is 1. The maximum atomic E-state index is 11.4. The molecule has 1 aromatic carbocycles. The number of hydrogen-bond acceptors (Lipinski definition) is 7. The highest BCUT2D eigenvalue weighted by Gasteiger charge is 2.23. The fourth-order valence-corrected chi connectivity index (χ4v) is 5.04. The third-order valence-corrected chi connectivity index (χ3v) is 6.85. The molecule has 2 aliphatic rings. The molecule has 0 radical (unpaired) electrons. The van der Waals surface area contributed by atoms with Gasteiger partial charge in [-0.1, -0.05) is 18.2 Å². The molecular formula is C26H38N6O2. The Hall–Kier alpha value is -2.52. The summed E-state index contributed by atoms with van der Waals surface area (Å²) in [4.78, 5) is 23.5. The Kier molecular flexibility index (Phi) is 8.87. The molecule has 2 fully saturated rings. The predicted molar refractivity (Wildman–Crippen MR) is 135 cm³/mol. The molecule has 0 aliphatic carbocycles. The first kappa shape index (κ1) is 24.6. The van der Waals surface area contributed by atoms with Crippen LogP contribution in [0.4, 0.5) is 5.69 Å². The fraction of sp³-hybridized carbons (Fsp3) is 0.538. The van der Waals surface area contributed by atoms with Crippen LogP contribution in [0.2, 0.25) is 0 Å². The molecule has 8 heteroatoms. The highest BCUT2D eigenvalue weighted by Crippen LogP contribution is 2.17. The lowest BCUT2D eigenvalue weighted by atomic mass is 9.97. The average Bonchev–Trinajstić information content (AvgIpc) is 2.83. The molecule has 4 N–H and O–H groups in total. The lowest BCUT2D eigenvalue weighted by molar-refractivity contribution is 0.0689. The van der Waals surface area contributed by atoms with Gasteiger partial charge in [0.2, 0.25) is 0 Å². The van der Waals surface area contributed by atoms with Gasteiger partial charge >= 0.3 is 5.97 Å². The van der Waals surface area contributed by atoms with Crippen molar-refractivity contribution in [3.8, 4) is 0 Å². The molecule has 34 heavy (non-hydrogen) atoms. The van der Waals surface area contributed by atoms with Crippen LogP contribution in [0.3, 0.4) is 0 Å². The maximum Gasteiger partial charge on any atom is 0.354 e. The number of nitrogens with two attached hydrogens (primary N) is 1. The van der Waals surface area contributed by atoms with Crippen molar-refractivity contribution in [2.24, 2.45) is 5.92 Å². The molecule has 2 aromatic rings. The number of carbonyl (C=O) groups is 1. The smallest absolute Gasteiger partial charge is 0.354 e. The van der Waals surface area contributed by atoms with E-state index in [1.807, 2.05) is 18.2 Å². The zero-order chi connectivity index (χ0) is 23.8. The Bertz CT molecular complexity index is 922. The van der Waals surface area contributed by atoms with Crippen molar-refractivity contribution >= 4 is 11.7 Å². The monoisotopic (exact) mass is 466 g/mol. The molecule has 4 rings (SSSR count). The summed E-state index contributed by atoms with van der Waals surface area (Å²) < 4.78 is 0. The number of nitrogens with zero attached hydrogens (tertiary/aromatic N) is 4. The molecule has 3 unspecified atom stereocenters. The van der Waals surface area contributed by atoms with Crippen molar-refractivity contribution in [3.05, 3.63) is 59.4 Å². The van der Waals surface area contributed by atoms with Crippen LogP contribution in [-0.4, -0.2) is 96.2 Å². The summed E-state index contributed by atoms with van der Waals surface area (Å²) in [5.41, 5.74) is 8.95. The molecule has 0 amide bonds. The second-order valence-corrected chi connectivity index (χ2v) is 9.61. The van der Waals surface area contributed by atoms with E-state index in [4.69, 9.17) is 5.73 Å². The van der Waals surface area contributed by atoms with E-state index in [1.54, 1.807) is 12.1 Å². The summed E-state index contributed by atoms with van der Waals surface area (Å²) >= 11 is 0. The molecule has 2 saturated heterocycles. The number of carboxylic acids is 1. The molecule has 2 aliphatic heterocycles. The van der Waals surface area contributed by atoms with E-state index in [1.165, 1.54) is 12.0 Å². The first-order chi connectivity index (χ1) is 16.5. The largest absolute Gasteiger partial charge is 0.477 e. The van der Waals surface area contributed by atoms with Crippen molar-refractivity contribution in [2.45, 2.75) is 19.4 Å². The number of rotatable bonds is 5. The average molecular weight is 467 g/mol. The minimum absolute atomic E-state index is 0.111. The van der Waals surface area contributed by atoms with E-state index in [2.05, 4.69) is 37.1 Å². The zero-order valence-electron chi connectivity index (χ0n) is 20.0. The van der Waals surface area contributed by atoms with Crippen molar-refractivity contribution in [1.82, 2.24) is 25.0 Å².